The summed E-state index contributed by atoms with van der Waals surface area (Å²) in [5.74, 6) is 0. The van der Waals surface area contributed by atoms with E-state index in [1.54, 1.807) is 7.11 Å². The third-order valence-corrected chi connectivity index (χ3v) is 3.55. The number of methoxy groups -OCH3 is 1. The molecule has 0 aromatic carbocycles. The van der Waals surface area contributed by atoms with Gasteiger partial charge in [-0.25, -0.2) is 0 Å². The largest absolute Gasteiger partial charge is 0.385 e. The van der Waals surface area contributed by atoms with Gasteiger partial charge >= 0.3 is 0 Å². The van der Waals surface area contributed by atoms with Gasteiger partial charge < -0.3 is 23.1 Å². The number of allylic oxidation sites excluding steroid dienone is 4. The molecule has 0 unspecified atom stereocenters. The van der Waals surface area contributed by atoms with Crippen molar-refractivity contribution in [2.45, 2.75) is 26.7 Å². The highest BCUT2D eigenvalue weighted by Crippen LogP contribution is 2.16. The maximum atomic E-state index is 5.43. The fourth-order valence-electron chi connectivity index (χ4n) is 1.70. The van der Waals surface area contributed by atoms with Crippen molar-refractivity contribution < 1.29 is 23.1 Å². The van der Waals surface area contributed by atoms with E-state index in [1.807, 2.05) is 12.2 Å². The molecule has 0 rings (SSSR count). The molecule has 0 amide bonds. The van der Waals surface area contributed by atoms with E-state index in [0.29, 0.717) is 46.2 Å². The molecule has 6 heteroatoms. The summed E-state index contributed by atoms with van der Waals surface area (Å²) in [5.41, 5.74) is 1.23. The molecule has 0 aliphatic rings. The minimum atomic E-state index is 0.518. The van der Waals surface area contributed by atoms with Gasteiger partial charge in [0, 0.05) is 37.3 Å². The summed E-state index contributed by atoms with van der Waals surface area (Å²) >= 11 is 1.27. The zero-order valence-electron chi connectivity index (χ0n) is 16.0. The molecule has 0 spiro atoms. The van der Waals surface area contributed by atoms with E-state index in [9.17, 15) is 0 Å². The Bertz CT molecular complexity index is 369. The van der Waals surface area contributed by atoms with Crippen molar-refractivity contribution in [3.05, 3.63) is 35.3 Å². The zero-order valence-corrected chi connectivity index (χ0v) is 16.8. The normalized spacial score (nSPS) is 12.2. The van der Waals surface area contributed by atoms with E-state index >= 15 is 0 Å². The van der Waals surface area contributed by atoms with Crippen molar-refractivity contribution in [3.63, 3.8) is 0 Å². The maximum absolute atomic E-state index is 5.43. The van der Waals surface area contributed by atoms with Crippen LogP contribution < -0.4 is 0 Å². The lowest BCUT2D eigenvalue weighted by Crippen LogP contribution is -2.11. The second kappa shape index (κ2) is 19.7. The Morgan fingerprint density at radius 3 is 2.08 bits per heavy atom. The monoisotopic (exact) mass is 374 g/mol. The van der Waals surface area contributed by atoms with Crippen molar-refractivity contribution in [1.29, 1.82) is 0 Å². The first kappa shape index (κ1) is 24.4. The average molecular weight is 375 g/mol. The van der Waals surface area contributed by atoms with Crippen LogP contribution in [0, 0.1) is 0 Å². The first-order chi connectivity index (χ1) is 12.2. The predicted molar refractivity (Wildman–Crippen MR) is 105 cm³/mol. The Morgan fingerprint density at radius 1 is 0.880 bits per heavy atom. The van der Waals surface area contributed by atoms with E-state index in [2.05, 4.69) is 26.5 Å². The van der Waals surface area contributed by atoms with Gasteiger partial charge in [0.05, 0.1) is 39.6 Å². The molecule has 0 saturated carbocycles. The van der Waals surface area contributed by atoms with Gasteiger partial charge in [-0.1, -0.05) is 31.2 Å². The molecule has 0 saturated heterocycles. The number of hydrogen-bond acceptors (Lipinski definition) is 6. The Labute approximate surface area is 157 Å². The third kappa shape index (κ3) is 19.5. The summed E-state index contributed by atoms with van der Waals surface area (Å²) in [4.78, 5) is 0.873. The average Bonchev–Trinajstić information content (AvgIpc) is 2.60. The van der Waals surface area contributed by atoms with Crippen LogP contribution in [0.1, 0.15) is 26.7 Å². The molecular weight excluding hydrogens is 340 g/mol. The molecule has 146 valence electrons. The standard InChI is InChI=1S/C19H34O5S/c1-5-7-18(2)8-9-19(3)25-24-17-16-23-15-14-22-13-12-21-11-6-10-20-4/h7-9H,3,5-6,10-17H2,1-2,4H3/b9-8-,18-7-. The quantitative estimate of drug-likeness (QED) is 0.204. The molecule has 25 heavy (non-hydrogen) atoms. The van der Waals surface area contributed by atoms with E-state index in [0.717, 1.165) is 24.4 Å². The summed E-state index contributed by atoms with van der Waals surface area (Å²) < 4.78 is 26.6. The van der Waals surface area contributed by atoms with Crippen LogP contribution >= 0.6 is 12.0 Å². The second-order valence-corrected chi connectivity index (χ2v) is 6.17. The fourth-order valence-corrected chi connectivity index (χ4v) is 2.13. The van der Waals surface area contributed by atoms with Crippen LogP contribution in [-0.4, -0.2) is 60.0 Å². The molecule has 0 aromatic rings. The van der Waals surface area contributed by atoms with Gasteiger partial charge in [-0.2, -0.15) is 0 Å². The lowest BCUT2D eigenvalue weighted by Gasteiger charge is -2.07. The molecule has 0 bridgehead atoms. The van der Waals surface area contributed by atoms with Gasteiger partial charge in [-0.15, -0.1) is 0 Å². The second-order valence-electron chi connectivity index (χ2n) is 5.24. The predicted octanol–water partition coefficient (Wildman–Crippen LogP) is 4.16. The van der Waals surface area contributed by atoms with Crippen LogP contribution in [0.15, 0.2) is 35.3 Å². The summed E-state index contributed by atoms with van der Waals surface area (Å²) in [6.07, 6.45) is 8.11. The van der Waals surface area contributed by atoms with E-state index in [1.165, 1.54) is 17.6 Å². The SMILES string of the molecule is C=C(/C=C\C(C)=C/CC)SOCCOCCOCCOCCCOC. The first-order valence-electron chi connectivity index (χ1n) is 8.76. The highest BCUT2D eigenvalue weighted by molar-refractivity contribution is 7.98. The van der Waals surface area contributed by atoms with Crippen LogP contribution in [0.5, 0.6) is 0 Å². The van der Waals surface area contributed by atoms with Gasteiger partial charge in [0.1, 0.15) is 0 Å². The molecule has 0 aromatic heterocycles. The summed E-state index contributed by atoms with van der Waals surface area (Å²) in [6, 6.07) is 0. The third-order valence-electron chi connectivity index (χ3n) is 2.92. The molecule has 0 radical (unpaired) electrons. The Balaban J connectivity index is 3.28. The topological polar surface area (TPSA) is 46.2 Å². The van der Waals surface area contributed by atoms with Gasteiger partial charge in [-0.05, 0) is 25.8 Å². The molecule has 0 atom stereocenters. The highest BCUT2D eigenvalue weighted by atomic mass is 32.2. The van der Waals surface area contributed by atoms with E-state index < -0.39 is 0 Å². The minimum Gasteiger partial charge on any atom is -0.385 e. The van der Waals surface area contributed by atoms with Crippen molar-refractivity contribution in [2.24, 2.45) is 0 Å². The lowest BCUT2D eigenvalue weighted by molar-refractivity contribution is 0.00762. The molecule has 0 fully saturated rings. The van der Waals surface area contributed by atoms with Gasteiger partial charge in [0.15, 0.2) is 0 Å². The molecular formula is C19H34O5S. The zero-order chi connectivity index (χ0) is 18.6. The van der Waals surface area contributed by atoms with Gasteiger partial charge in [0.2, 0.25) is 0 Å². The summed E-state index contributed by atoms with van der Waals surface area (Å²) in [5, 5.41) is 0. The highest BCUT2D eigenvalue weighted by Gasteiger charge is 1.95. The van der Waals surface area contributed by atoms with Crippen LogP contribution in [0.2, 0.25) is 0 Å². The van der Waals surface area contributed by atoms with Crippen LogP contribution in [-0.2, 0) is 23.1 Å². The van der Waals surface area contributed by atoms with Crippen molar-refractivity contribution in [1.82, 2.24) is 0 Å². The van der Waals surface area contributed by atoms with Crippen molar-refractivity contribution in [2.75, 3.05) is 60.0 Å². The Kier molecular flexibility index (Phi) is 19.2. The molecule has 5 nitrogen and oxygen atoms in total. The van der Waals surface area contributed by atoms with Crippen LogP contribution in [0.25, 0.3) is 0 Å². The Morgan fingerprint density at radius 2 is 1.48 bits per heavy atom. The Hall–Kier alpha value is -0.630. The maximum Gasteiger partial charge on any atom is 0.0852 e. The van der Waals surface area contributed by atoms with Crippen LogP contribution in [0.3, 0.4) is 0 Å². The summed E-state index contributed by atoms with van der Waals surface area (Å²) in [7, 11) is 1.69. The molecule has 0 N–H and O–H groups in total. The van der Waals surface area contributed by atoms with Crippen LogP contribution in [0.4, 0.5) is 0 Å². The molecule has 0 aliphatic carbocycles. The van der Waals surface area contributed by atoms with Crippen molar-refractivity contribution in [3.8, 4) is 0 Å². The fraction of sp³-hybridized carbons (Fsp3) is 0.684. The minimum absolute atomic E-state index is 0.518. The molecule has 0 aliphatic heterocycles. The number of rotatable bonds is 18. The summed E-state index contributed by atoms with van der Waals surface area (Å²) in [6.45, 7) is 12.9. The lowest BCUT2D eigenvalue weighted by atomic mass is 10.2. The number of hydrogen-bond donors (Lipinski definition) is 0. The first-order valence-corrected chi connectivity index (χ1v) is 9.50. The van der Waals surface area contributed by atoms with E-state index in [4.69, 9.17) is 23.1 Å². The van der Waals surface area contributed by atoms with Gasteiger partial charge in [0.25, 0.3) is 0 Å². The van der Waals surface area contributed by atoms with E-state index in [-0.39, 0.29) is 0 Å². The van der Waals surface area contributed by atoms with Crippen molar-refractivity contribution >= 4 is 12.0 Å². The molecule has 0 heterocycles. The smallest absolute Gasteiger partial charge is 0.0852 e. The van der Waals surface area contributed by atoms with Gasteiger partial charge in [-0.3, -0.25) is 0 Å². The number of ether oxygens (including phenoxy) is 4.